The molecule has 6 rings (SSSR count). The van der Waals surface area contributed by atoms with Crippen molar-refractivity contribution in [3.05, 3.63) is 142 Å². The molecule has 4 nitrogen and oxygen atoms in total. The summed E-state index contributed by atoms with van der Waals surface area (Å²) in [5, 5.41) is 0. The van der Waals surface area contributed by atoms with Gasteiger partial charge in [0.1, 0.15) is 5.65 Å². The summed E-state index contributed by atoms with van der Waals surface area (Å²) >= 11 is 0. The van der Waals surface area contributed by atoms with Crippen LogP contribution in [-0.2, 0) is 32.7 Å². The molecular weight excluding hydrogens is 553 g/mol. The van der Waals surface area contributed by atoms with Crippen LogP contribution < -0.4 is 0 Å². The molecule has 199 valence electrons. The topological polar surface area (TPSA) is 34.6 Å². The van der Waals surface area contributed by atoms with Crippen molar-refractivity contribution in [2.75, 3.05) is 0 Å². The quantitative estimate of drug-likeness (QED) is 0.166. The molecule has 0 N–H and O–H groups in total. The van der Waals surface area contributed by atoms with Crippen LogP contribution in [0.1, 0.15) is 44.9 Å². The molecule has 0 atom stereocenters. The Balaban J connectivity index is 0.000000183. The molecule has 5 heteroatoms. The van der Waals surface area contributed by atoms with Crippen molar-refractivity contribution in [2.24, 2.45) is 0 Å². The van der Waals surface area contributed by atoms with Crippen LogP contribution in [0.4, 0.5) is 0 Å². The van der Waals surface area contributed by atoms with Crippen LogP contribution in [0, 0.1) is 61.5 Å². The van der Waals surface area contributed by atoms with Crippen LogP contribution in [0.15, 0.2) is 91.5 Å². The summed E-state index contributed by atoms with van der Waals surface area (Å²) in [5.74, 6) is 0. The summed E-state index contributed by atoms with van der Waals surface area (Å²) in [6, 6.07) is 26.0. The second kappa shape index (κ2) is 15.5. The largest absolute Gasteiger partial charge is 0.321 e. The molecule has 0 aliphatic rings. The van der Waals surface area contributed by atoms with Gasteiger partial charge in [0.05, 0.1) is 0 Å². The van der Waals surface area contributed by atoms with E-state index < -0.39 is 0 Å². The third kappa shape index (κ3) is 9.56. The van der Waals surface area contributed by atoms with Crippen molar-refractivity contribution in [3.8, 4) is 0 Å². The molecular formula is C34H39N4Y-. The summed E-state index contributed by atoms with van der Waals surface area (Å²) < 4.78 is 4.30. The number of aryl methyl sites for hydroxylation is 8. The van der Waals surface area contributed by atoms with Gasteiger partial charge >= 0.3 is 0 Å². The predicted molar refractivity (Wildman–Crippen MR) is 160 cm³/mol. The Morgan fingerprint density at radius 1 is 0.641 bits per heavy atom. The molecule has 0 bridgehead atoms. The number of fused-ring (bicyclic) bond motifs is 2. The summed E-state index contributed by atoms with van der Waals surface area (Å²) in [7, 11) is 0. The third-order valence-corrected chi connectivity index (χ3v) is 6.22. The number of imidazole rings is 1. The van der Waals surface area contributed by atoms with Gasteiger partial charge in [-0.2, -0.15) is 35.4 Å². The van der Waals surface area contributed by atoms with Gasteiger partial charge in [-0.1, -0.05) is 32.0 Å². The molecule has 0 unspecified atom stereocenters. The van der Waals surface area contributed by atoms with Crippen LogP contribution >= 0.6 is 0 Å². The number of nitrogens with zero attached hydrogens (tertiary/aromatic N) is 4. The minimum absolute atomic E-state index is 0. The van der Waals surface area contributed by atoms with Gasteiger partial charge in [0.15, 0.2) is 0 Å². The number of benzene rings is 1. The summed E-state index contributed by atoms with van der Waals surface area (Å²) in [6.45, 7) is 16.6. The normalized spacial score (nSPS) is 9.85. The Kier molecular flexibility index (Phi) is 12.8. The second-order valence-electron chi connectivity index (χ2n) is 9.73. The minimum atomic E-state index is 0. The van der Waals surface area contributed by atoms with Gasteiger partial charge in [-0.05, 0) is 88.6 Å². The van der Waals surface area contributed by atoms with E-state index >= 15 is 0 Å². The van der Waals surface area contributed by atoms with Gasteiger partial charge in [-0.3, -0.25) is 4.98 Å². The zero-order chi connectivity index (χ0) is 27.7. The fraction of sp³-hybridized carbons (Fsp3) is 0.235. The molecule has 1 aromatic carbocycles. The first-order valence-corrected chi connectivity index (χ1v) is 12.9. The number of hydrogen-bond acceptors (Lipinski definition) is 2. The molecule has 0 fully saturated rings. The van der Waals surface area contributed by atoms with Crippen molar-refractivity contribution >= 4 is 11.2 Å². The van der Waals surface area contributed by atoms with Crippen LogP contribution in [-0.4, -0.2) is 18.8 Å². The molecule has 0 aliphatic carbocycles. The third-order valence-electron chi connectivity index (χ3n) is 6.22. The molecule has 6 aromatic rings. The van der Waals surface area contributed by atoms with Crippen LogP contribution in [0.5, 0.6) is 0 Å². The first-order valence-electron chi connectivity index (χ1n) is 12.9. The van der Waals surface area contributed by atoms with E-state index in [1.807, 2.05) is 57.6 Å². The van der Waals surface area contributed by atoms with E-state index in [4.69, 9.17) is 0 Å². The Morgan fingerprint density at radius 3 is 1.87 bits per heavy atom. The molecule has 39 heavy (non-hydrogen) atoms. The molecule has 0 amide bonds. The van der Waals surface area contributed by atoms with E-state index in [-0.39, 0.29) is 32.7 Å². The molecule has 0 saturated carbocycles. The van der Waals surface area contributed by atoms with E-state index in [9.17, 15) is 0 Å². The maximum absolute atomic E-state index is 4.24. The average molecular weight is 593 g/mol. The summed E-state index contributed by atoms with van der Waals surface area (Å²) in [5.41, 5.74) is 12.3. The molecule has 0 saturated heterocycles. The number of pyridine rings is 3. The SMILES string of the molecule is Cc1[c-]ccc(C)c1.Cc1ccc(C)n2cccc12.Cc1ccc(C)n2ccnc12.Cc1ccc(C)nc1.[Y]. The molecule has 5 aromatic heterocycles. The van der Waals surface area contributed by atoms with Crippen molar-refractivity contribution in [1.29, 1.82) is 0 Å². The maximum Gasteiger partial charge on any atom is 0.139 e. The fourth-order valence-electron chi connectivity index (χ4n) is 3.98. The van der Waals surface area contributed by atoms with Crippen molar-refractivity contribution in [2.45, 2.75) is 55.4 Å². The van der Waals surface area contributed by atoms with E-state index in [0.29, 0.717) is 0 Å². The molecule has 1 radical (unpaired) electrons. The van der Waals surface area contributed by atoms with E-state index in [0.717, 1.165) is 11.3 Å². The Labute approximate surface area is 259 Å². The second-order valence-corrected chi connectivity index (χ2v) is 9.73. The smallest absolute Gasteiger partial charge is 0.139 e. The van der Waals surface area contributed by atoms with Gasteiger partial charge in [0.2, 0.25) is 0 Å². The standard InChI is InChI=1S/C10H11N.C9H10N2.C8H9.C7H9N.Y/c1-8-5-6-9(2)11-7-3-4-10(8)11;1-7-3-4-8(2)11-6-5-10-9(7)11;1-7-4-3-5-8(2)6-7;1-6-3-4-7(2)8-5-6;/h3-7H,1-2H3;3-6H,1-2H3;3-4,6H,1-2H3;3-5H,1-2H3;/q;;-1;;. The van der Waals surface area contributed by atoms with Gasteiger partial charge < -0.3 is 8.80 Å². The summed E-state index contributed by atoms with van der Waals surface area (Å²) in [4.78, 5) is 8.32. The number of aromatic nitrogens is 4. The van der Waals surface area contributed by atoms with Gasteiger partial charge in [0.25, 0.3) is 0 Å². The average Bonchev–Trinajstić information content (AvgIpc) is 3.59. The number of rotatable bonds is 0. The van der Waals surface area contributed by atoms with Crippen LogP contribution in [0.25, 0.3) is 11.2 Å². The first-order chi connectivity index (χ1) is 18.2. The maximum atomic E-state index is 4.24. The molecule has 5 heterocycles. The predicted octanol–water partition coefficient (Wildman–Crippen LogP) is 8.31. The van der Waals surface area contributed by atoms with Crippen molar-refractivity contribution in [3.63, 3.8) is 0 Å². The number of hydrogen-bond donors (Lipinski definition) is 0. The Bertz CT molecular complexity index is 1410. The minimum Gasteiger partial charge on any atom is -0.321 e. The van der Waals surface area contributed by atoms with Crippen LogP contribution in [0.2, 0.25) is 0 Å². The Hall–Kier alpha value is -3.08. The Morgan fingerprint density at radius 2 is 1.33 bits per heavy atom. The van der Waals surface area contributed by atoms with E-state index in [2.05, 4.69) is 114 Å². The fourth-order valence-corrected chi connectivity index (χ4v) is 3.98. The zero-order valence-electron chi connectivity index (χ0n) is 24.5. The summed E-state index contributed by atoms with van der Waals surface area (Å²) in [6.07, 6.45) is 7.78. The van der Waals surface area contributed by atoms with Gasteiger partial charge in [-0.15, -0.1) is 0 Å². The van der Waals surface area contributed by atoms with Gasteiger partial charge in [-0.25, -0.2) is 4.98 Å². The monoisotopic (exact) mass is 592 g/mol. The van der Waals surface area contributed by atoms with E-state index in [1.54, 1.807) is 0 Å². The zero-order valence-corrected chi connectivity index (χ0v) is 27.4. The van der Waals surface area contributed by atoms with Crippen LogP contribution in [0.3, 0.4) is 0 Å². The van der Waals surface area contributed by atoms with Crippen molar-refractivity contribution in [1.82, 2.24) is 18.8 Å². The van der Waals surface area contributed by atoms with Gasteiger partial charge in [0, 0.05) is 80.1 Å². The molecule has 0 spiro atoms. The van der Waals surface area contributed by atoms with Crippen molar-refractivity contribution < 1.29 is 32.7 Å². The van der Waals surface area contributed by atoms with E-state index in [1.165, 1.54) is 44.7 Å². The molecule has 0 aliphatic heterocycles. The first kappa shape index (κ1) is 32.1.